The summed E-state index contributed by atoms with van der Waals surface area (Å²) in [5.41, 5.74) is 4.82. The van der Waals surface area contributed by atoms with Gasteiger partial charge in [-0.2, -0.15) is 5.10 Å². The topological polar surface area (TPSA) is 88.6 Å². The summed E-state index contributed by atoms with van der Waals surface area (Å²) < 4.78 is 23.1. The summed E-state index contributed by atoms with van der Waals surface area (Å²) in [5, 5.41) is 12.0. The molecule has 0 bridgehead atoms. The van der Waals surface area contributed by atoms with Crippen molar-refractivity contribution in [2.24, 2.45) is 10.2 Å². The van der Waals surface area contributed by atoms with Gasteiger partial charge in [-0.1, -0.05) is 30.3 Å². The van der Waals surface area contributed by atoms with Gasteiger partial charge in [-0.05, 0) is 48.9 Å². The summed E-state index contributed by atoms with van der Waals surface area (Å²) in [6, 6.07) is 20.6. The van der Waals surface area contributed by atoms with Crippen LogP contribution in [0.4, 0.5) is 5.69 Å². The lowest BCUT2D eigenvalue weighted by Crippen LogP contribution is -2.19. The van der Waals surface area contributed by atoms with Crippen molar-refractivity contribution in [2.45, 2.75) is 24.3 Å². The van der Waals surface area contributed by atoms with E-state index in [2.05, 4.69) is 17.1 Å². The van der Waals surface area contributed by atoms with E-state index >= 15 is 0 Å². The average molecular weight is 392 g/mol. The molecule has 0 fully saturated rings. The predicted octanol–water partition coefficient (Wildman–Crippen LogP) is 3.39. The molecule has 2 heterocycles. The van der Waals surface area contributed by atoms with Gasteiger partial charge in [0, 0.05) is 23.9 Å². The monoisotopic (exact) mass is 392 g/mol. The molecule has 0 radical (unpaired) electrons. The Hall–Kier alpha value is -3.03. The fraction of sp³-hybridized carbons (Fsp3) is 0.143. The molecule has 2 aromatic carbocycles. The number of primary sulfonamides is 1. The van der Waals surface area contributed by atoms with Gasteiger partial charge < -0.3 is 0 Å². The van der Waals surface area contributed by atoms with E-state index < -0.39 is 10.0 Å². The Kier molecular flexibility index (Phi) is 4.70. The highest BCUT2D eigenvalue weighted by atomic mass is 32.2. The third-order valence-corrected chi connectivity index (χ3v) is 5.70. The minimum Gasteiger partial charge on any atom is -0.261 e. The Morgan fingerprint density at radius 2 is 1.71 bits per heavy atom. The molecule has 6 nitrogen and oxygen atoms in total. The number of aromatic nitrogens is 1. The van der Waals surface area contributed by atoms with Crippen molar-refractivity contribution < 1.29 is 8.42 Å². The van der Waals surface area contributed by atoms with Crippen LogP contribution >= 0.6 is 0 Å². The number of nitrogens with two attached hydrogens (primary N) is 1. The number of rotatable bonds is 4. The Bertz CT molecular complexity index is 1110. The van der Waals surface area contributed by atoms with Crippen LogP contribution < -0.4 is 10.1 Å². The number of anilines is 1. The van der Waals surface area contributed by atoms with Crippen molar-refractivity contribution in [3.05, 3.63) is 89.7 Å². The quantitative estimate of drug-likeness (QED) is 0.737. The van der Waals surface area contributed by atoms with Gasteiger partial charge in [0.25, 0.3) is 0 Å². The van der Waals surface area contributed by atoms with E-state index in [0.29, 0.717) is 0 Å². The Morgan fingerprint density at radius 1 is 1.00 bits per heavy atom. The molecular weight excluding hydrogens is 372 g/mol. The first-order valence-corrected chi connectivity index (χ1v) is 10.4. The van der Waals surface area contributed by atoms with E-state index in [1.54, 1.807) is 12.1 Å². The number of pyridine rings is 1. The lowest BCUT2D eigenvalue weighted by atomic mass is 9.99. The standard InChI is InChI=1S/C21H20N4O2S/c1-15-7-8-17(14-23-15)20-13-21(16-5-3-2-4-6-16)25(24-20)18-9-11-19(12-10-18)28(22,26)27/h2-12,14,21H,13H2,1H3,(H2,22,26,27). The van der Waals surface area contributed by atoms with Crippen molar-refractivity contribution in [2.75, 3.05) is 5.01 Å². The fourth-order valence-corrected chi connectivity index (χ4v) is 3.80. The van der Waals surface area contributed by atoms with Gasteiger partial charge in [0.2, 0.25) is 10.0 Å². The number of benzene rings is 2. The van der Waals surface area contributed by atoms with Crippen molar-refractivity contribution in [1.82, 2.24) is 4.98 Å². The van der Waals surface area contributed by atoms with Crippen molar-refractivity contribution in [3.63, 3.8) is 0 Å². The molecule has 1 atom stereocenters. The van der Waals surface area contributed by atoms with Gasteiger partial charge in [-0.3, -0.25) is 9.99 Å². The van der Waals surface area contributed by atoms with E-state index in [1.165, 1.54) is 12.1 Å². The second-order valence-corrected chi connectivity index (χ2v) is 8.31. The molecule has 1 unspecified atom stereocenters. The third kappa shape index (κ3) is 3.67. The molecule has 4 rings (SSSR count). The van der Waals surface area contributed by atoms with Crippen LogP contribution in [-0.2, 0) is 10.0 Å². The van der Waals surface area contributed by atoms with Crippen LogP contribution in [0.2, 0.25) is 0 Å². The number of aryl methyl sites for hydroxylation is 1. The van der Waals surface area contributed by atoms with Crippen LogP contribution in [0.15, 0.2) is 82.9 Å². The van der Waals surface area contributed by atoms with Gasteiger partial charge in [-0.15, -0.1) is 0 Å². The largest absolute Gasteiger partial charge is 0.261 e. The molecule has 0 spiro atoms. The van der Waals surface area contributed by atoms with E-state index in [4.69, 9.17) is 10.2 Å². The maximum Gasteiger partial charge on any atom is 0.238 e. The Morgan fingerprint density at radius 3 is 2.32 bits per heavy atom. The molecule has 1 aliphatic heterocycles. The minimum atomic E-state index is -3.73. The highest BCUT2D eigenvalue weighted by molar-refractivity contribution is 7.89. The van der Waals surface area contributed by atoms with Crippen LogP contribution in [-0.4, -0.2) is 19.1 Å². The van der Waals surface area contributed by atoms with Crippen molar-refractivity contribution >= 4 is 21.4 Å². The summed E-state index contributed by atoms with van der Waals surface area (Å²) in [6.45, 7) is 1.95. The molecule has 0 aliphatic carbocycles. The zero-order valence-corrected chi connectivity index (χ0v) is 16.2. The predicted molar refractivity (Wildman–Crippen MR) is 110 cm³/mol. The van der Waals surface area contributed by atoms with Crippen LogP contribution in [0.3, 0.4) is 0 Å². The maximum atomic E-state index is 11.5. The number of hydrazone groups is 1. The first kappa shape index (κ1) is 18.3. The van der Waals surface area contributed by atoms with Crippen LogP contribution in [0, 0.1) is 6.92 Å². The van der Waals surface area contributed by atoms with Crippen LogP contribution in [0.5, 0.6) is 0 Å². The molecule has 142 valence electrons. The number of sulfonamides is 1. The first-order chi connectivity index (χ1) is 13.4. The van der Waals surface area contributed by atoms with Gasteiger partial charge in [-0.25, -0.2) is 13.6 Å². The fourth-order valence-electron chi connectivity index (χ4n) is 3.28. The Labute approximate surface area is 164 Å². The second-order valence-electron chi connectivity index (χ2n) is 6.75. The highest BCUT2D eigenvalue weighted by Crippen LogP contribution is 2.36. The molecule has 7 heteroatoms. The summed E-state index contributed by atoms with van der Waals surface area (Å²) in [5.74, 6) is 0. The maximum absolute atomic E-state index is 11.5. The first-order valence-electron chi connectivity index (χ1n) is 8.89. The second kappa shape index (κ2) is 7.18. The van der Waals surface area contributed by atoms with Gasteiger partial charge in [0.05, 0.1) is 22.3 Å². The number of hydrogen-bond donors (Lipinski definition) is 1. The number of hydrogen-bond acceptors (Lipinski definition) is 5. The van der Waals surface area contributed by atoms with Crippen molar-refractivity contribution in [1.29, 1.82) is 0 Å². The smallest absolute Gasteiger partial charge is 0.238 e. The van der Waals surface area contributed by atoms with Crippen molar-refractivity contribution in [3.8, 4) is 0 Å². The lowest BCUT2D eigenvalue weighted by molar-refractivity contribution is 0.597. The molecular formula is C21H20N4O2S. The van der Waals surface area contributed by atoms with Crippen LogP contribution in [0.1, 0.15) is 29.3 Å². The molecule has 28 heavy (non-hydrogen) atoms. The zero-order valence-electron chi connectivity index (χ0n) is 15.4. The van der Waals surface area contributed by atoms with E-state index in [1.807, 2.05) is 48.5 Å². The Balaban J connectivity index is 1.74. The van der Waals surface area contributed by atoms with E-state index in [9.17, 15) is 8.42 Å². The van der Waals surface area contributed by atoms with E-state index in [-0.39, 0.29) is 10.9 Å². The summed E-state index contributed by atoms with van der Waals surface area (Å²) >= 11 is 0. The average Bonchev–Trinajstić information content (AvgIpc) is 3.14. The van der Waals surface area contributed by atoms with Gasteiger partial charge in [0.15, 0.2) is 0 Å². The highest BCUT2D eigenvalue weighted by Gasteiger charge is 2.30. The zero-order chi connectivity index (χ0) is 19.7. The number of nitrogens with zero attached hydrogens (tertiary/aromatic N) is 3. The van der Waals surface area contributed by atoms with Gasteiger partial charge in [0.1, 0.15) is 0 Å². The SMILES string of the molecule is Cc1ccc(C2=NN(c3ccc(S(N)(=O)=O)cc3)C(c3ccccc3)C2)cn1. The molecule has 0 saturated heterocycles. The molecule has 1 aliphatic rings. The minimum absolute atomic E-state index is 0.0119. The van der Waals surface area contributed by atoms with Gasteiger partial charge >= 0.3 is 0 Å². The normalized spacial score (nSPS) is 16.9. The lowest BCUT2D eigenvalue weighted by Gasteiger charge is -2.24. The summed E-state index contributed by atoms with van der Waals surface area (Å²) in [7, 11) is -3.73. The molecule has 3 aromatic rings. The molecule has 2 N–H and O–H groups in total. The summed E-state index contributed by atoms with van der Waals surface area (Å²) in [4.78, 5) is 4.46. The molecule has 0 saturated carbocycles. The van der Waals surface area contributed by atoms with Crippen LogP contribution in [0.25, 0.3) is 0 Å². The van der Waals surface area contributed by atoms with E-state index in [0.717, 1.165) is 34.6 Å². The summed E-state index contributed by atoms with van der Waals surface area (Å²) in [6.07, 6.45) is 2.56. The molecule has 0 amide bonds. The third-order valence-electron chi connectivity index (χ3n) is 4.77. The molecule has 1 aromatic heterocycles.